The molecular formula is C36H42N6O6. The quantitative estimate of drug-likeness (QED) is 0.302. The van der Waals surface area contributed by atoms with Crippen LogP contribution < -0.4 is 30.9 Å². The third kappa shape index (κ3) is 5.09. The fourth-order valence-corrected chi connectivity index (χ4v) is 8.10. The number of aryl methyl sites for hydroxylation is 2. The number of anilines is 1. The Bertz CT molecular complexity index is 2050. The first-order valence-electron chi connectivity index (χ1n) is 16.4. The number of pyridine rings is 1. The van der Waals surface area contributed by atoms with Gasteiger partial charge < -0.3 is 18.9 Å². The second-order valence-electron chi connectivity index (χ2n) is 13.5. The monoisotopic (exact) mass is 654 g/mol. The van der Waals surface area contributed by atoms with Gasteiger partial charge in [0.05, 0.1) is 36.5 Å². The minimum atomic E-state index is -0.710. The average Bonchev–Trinajstić information content (AvgIpc) is 3.72. The molecule has 1 N–H and O–H groups in total. The number of benzene rings is 2. The number of hydrogen-bond acceptors (Lipinski definition) is 8. The Balaban J connectivity index is 1.11. The fraction of sp³-hybridized carbons (Fsp3) is 0.444. The smallest absolute Gasteiger partial charge is 0.329 e. The van der Waals surface area contributed by atoms with Crippen LogP contribution in [0, 0.1) is 25.7 Å². The molecule has 3 atom stereocenters. The van der Waals surface area contributed by atoms with Crippen LogP contribution in [-0.4, -0.2) is 70.8 Å². The van der Waals surface area contributed by atoms with Gasteiger partial charge in [-0.25, -0.2) is 4.79 Å². The van der Waals surface area contributed by atoms with Gasteiger partial charge in [-0.2, -0.15) is 0 Å². The van der Waals surface area contributed by atoms with E-state index in [1.54, 1.807) is 42.0 Å². The lowest BCUT2D eigenvalue weighted by atomic mass is 9.97. The van der Waals surface area contributed by atoms with Crippen LogP contribution >= 0.6 is 0 Å². The van der Waals surface area contributed by atoms with Gasteiger partial charge >= 0.3 is 5.69 Å². The third-order valence-corrected chi connectivity index (χ3v) is 10.7. The van der Waals surface area contributed by atoms with Gasteiger partial charge in [-0.15, -0.1) is 0 Å². The molecule has 12 heteroatoms. The molecule has 3 aliphatic rings. The first-order chi connectivity index (χ1) is 23.0. The number of hydrogen-bond donors (Lipinski definition) is 1. The molecule has 0 bridgehead atoms. The zero-order valence-corrected chi connectivity index (χ0v) is 28.3. The summed E-state index contributed by atoms with van der Waals surface area (Å²) in [5.74, 6) is 1.67. The van der Waals surface area contributed by atoms with E-state index in [0.717, 1.165) is 76.7 Å². The topological polar surface area (TPSA) is 120 Å². The number of aromatic nitrogens is 3. The summed E-state index contributed by atoms with van der Waals surface area (Å²) in [5, 5.41) is 2.39. The van der Waals surface area contributed by atoms with Crippen LogP contribution in [0.4, 0.5) is 5.69 Å². The summed E-state index contributed by atoms with van der Waals surface area (Å²) in [6, 6.07) is 9.25. The first-order valence-corrected chi connectivity index (χ1v) is 16.4. The molecule has 5 heterocycles. The van der Waals surface area contributed by atoms with Crippen molar-refractivity contribution in [1.82, 2.24) is 23.9 Å². The summed E-state index contributed by atoms with van der Waals surface area (Å²) >= 11 is 0. The van der Waals surface area contributed by atoms with E-state index in [1.807, 2.05) is 44.3 Å². The number of amides is 2. The van der Waals surface area contributed by atoms with Crippen molar-refractivity contribution >= 4 is 28.5 Å². The van der Waals surface area contributed by atoms with E-state index in [0.29, 0.717) is 30.3 Å². The molecule has 12 nitrogen and oxygen atoms in total. The summed E-state index contributed by atoms with van der Waals surface area (Å²) < 4.78 is 16.6. The lowest BCUT2D eigenvalue weighted by Gasteiger charge is -2.25. The number of methoxy groups -OCH3 is 2. The summed E-state index contributed by atoms with van der Waals surface area (Å²) in [4.78, 5) is 55.3. The minimum absolute atomic E-state index is 0.00342. The Kier molecular flexibility index (Phi) is 7.93. The maximum absolute atomic E-state index is 13.5. The van der Waals surface area contributed by atoms with E-state index in [9.17, 15) is 19.2 Å². The molecular weight excluding hydrogens is 612 g/mol. The summed E-state index contributed by atoms with van der Waals surface area (Å²) in [6.45, 7) is 8.06. The van der Waals surface area contributed by atoms with E-state index in [4.69, 9.17) is 9.47 Å². The van der Waals surface area contributed by atoms with E-state index < -0.39 is 11.9 Å². The molecule has 0 aliphatic carbocycles. The number of imidazole rings is 1. The number of imide groups is 1. The number of rotatable bonds is 7. The van der Waals surface area contributed by atoms with Gasteiger partial charge in [-0.3, -0.25) is 33.7 Å². The number of likely N-dealkylation sites (tertiary alicyclic amines) is 1. The number of ether oxygens (including phenoxy) is 2. The van der Waals surface area contributed by atoms with Crippen LogP contribution in [0.15, 0.2) is 46.1 Å². The van der Waals surface area contributed by atoms with Crippen molar-refractivity contribution in [2.24, 2.45) is 25.9 Å². The van der Waals surface area contributed by atoms with Crippen LogP contribution in [0.1, 0.15) is 35.6 Å². The molecule has 252 valence electrons. The molecule has 4 aromatic rings. The highest BCUT2D eigenvalue weighted by atomic mass is 16.5. The predicted molar refractivity (Wildman–Crippen MR) is 183 cm³/mol. The Morgan fingerprint density at radius 3 is 2.19 bits per heavy atom. The number of piperidine rings is 1. The molecule has 7 rings (SSSR count). The van der Waals surface area contributed by atoms with Gasteiger partial charge in [0.2, 0.25) is 11.8 Å². The van der Waals surface area contributed by atoms with Crippen LogP contribution in [0.5, 0.6) is 11.5 Å². The second-order valence-corrected chi connectivity index (χ2v) is 13.5. The summed E-state index contributed by atoms with van der Waals surface area (Å²) in [7, 11) is 6.88. The van der Waals surface area contributed by atoms with Gasteiger partial charge in [0.25, 0.3) is 5.56 Å². The molecule has 0 radical (unpaired) electrons. The largest absolute Gasteiger partial charge is 0.496 e. The van der Waals surface area contributed by atoms with E-state index in [-0.39, 0.29) is 23.6 Å². The lowest BCUT2D eigenvalue weighted by Crippen LogP contribution is -2.44. The maximum atomic E-state index is 13.5. The van der Waals surface area contributed by atoms with Gasteiger partial charge in [0, 0.05) is 70.6 Å². The highest BCUT2D eigenvalue weighted by Crippen LogP contribution is 2.41. The van der Waals surface area contributed by atoms with Crippen LogP contribution in [-0.2, 0) is 30.2 Å². The highest BCUT2D eigenvalue weighted by Gasteiger charge is 2.41. The third-order valence-electron chi connectivity index (χ3n) is 10.7. The van der Waals surface area contributed by atoms with Crippen LogP contribution in [0.2, 0.25) is 0 Å². The molecule has 3 unspecified atom stereocenters. The Hall–Kier alpha value is -4.84. The zero-order valence-electron chi connectivity index (χ0n) is 28.3. The first kappa shape index (κ1) is 31.7. The molecule has 0 spiro atoms. The molecule has 2 aromatic carbocycles. The van der Waals surface area contributed by atoms with Crippen LogP contribution in [0.3, 0.4) is 0 Å². The van der Waals surface area contributed by atoms with Crippen molar-refractivity contribution in [2.45, 2.75) is 39.3 Å². The van der Waals surface area contributed by atoms with Gasteiger partial charge in [-0.05, 0) is 67.5 Å². The van der Waals surface area contributed by atoms with Crippen molar-refractivity contribution < 1.29 is 19.1 Å². The zero-order chi connectivity index (χ0) is 34.0. The lowest BCUT2D eigenvalue weighted by molar-refractivity contribution is -0.135. The minimum Gasteiger partial charge on any atom is -0.496 e. The molecule has 2 amide bonds. The molecule has 0 saturated carbocycles. The van der Waals surface area contributed by atoms with E-state index in [1.165, 1.54) is 0 Å². The highest BCUT2D eigenvalue weighted by molar-refractivity contribution is 6.00. The number of para-hydroxylation sites is 1. The summed E-state index contributed by atoms with van der Waals surface area (Å²) in [6.07, 6.45) is 2.39. The molecule has 2 aromatic heterocycles. The fourth-order valence-electron chi connectivity index (χ4n) is 8.10. The molecule has 3 saturated heterocycles. The van der Waals surface area contributed by atoms with E-state index in [2.05, 4.69) is 21.2 Å². The standard InChI is InChI=1S/C36H42N6O6/c1-20-21(2)35(45)38(3)18-25(20)22-12-30(47-5)26(31(13-22)48-6)19-40-14-23-16-41(17-24(23)15-40)27-8-7-9-28-33(27)39(4)36(46)42(28)29-10-11-32(43)37-34(29)44/h7-9,12-13,18,23-24,29H,10-11,14-17,19H2,1-6H3,(H,37,43,44). The Morgan fingerprint density at radius 2 is 1.56 bits per heavy atom. The molecule has 48 heavy (non-hydrogen) atoms. The Labute approximate surface area is 278 Å². The average molecular weight is 655 g/mol. The number of nitrogens with one attached hydrogen (secondary N) is 1. The van der Waals surface area contributed by atoms with Gasteiger partial charge in [-0.1, -0.05) is 6.07 Å². The van der Waals surface area contributed by atoms with Crippen molar-refractivity contribution in [3.63, 3.8) is 0 Å². The van der Waals surface area contributed by atoms with Crippen molar-refractivity contribution in [3.8, 4) is 22.6 Å². The number of carbonyl (C=O) groups excluding carboxylic acids is 2. The number of fused-ring (bicyclic) bond motifs is 2. The van der Waals surface area contributed by atoms with Crippen LogP contribution in [0.25, 0.3) is 22.2 Å². The second kappa shape index (κ2) is 12.0. The summed E-state index contributed by atoms with van der Waals surface area (Å²) in [5.41, 5.74) is 6.80. The molecule has 3 fully saturated rings. The van der Waals surface area contributed by atoms with Crippen molar-refractivity contribution in [3.05, 3.63) is 74.1 Å². The maximum Gasteiger partial charge on any atom is 0.329 e. The van der Waals surface area contributed by atoms with Gasteiger partial charge in [0.15, 0.2) is 0 Å². The number of nitrogens with zero attached hydrogens (tertiary/aromatic N) is 5. The van der Waals surface area contributed by atoms with Gasteiger partial charge in [0.1, 0.15) is 17.5 Å². The molecule has 3 aliphatic heterocycles. The number of carbonyl (C=O) groups is 2. The Morgan fingerprint density at radius 1 is 0.896 bits per heavy atom. The predicted octanol–water partition coefficient (Wildman–Crippen LogP) is 2.89. The normalized spacial score (nSPS) is 21.2. The SMILES string of the molecule is COc1cc(-c2cn(C)c(=O)c(C)c2C)cc(OC)c1CN1CC2CN(c3cccc4c3n(C)c(=O)n4C3CCC(=O)NC3=O)CC2C1. The van der Waals surface area contributed by atoms with Crippen molar-refractivity contribution in [2.75, 3.05) is 45.3 Å². The van der Waals surface area contributed by atoms with E-state index >= 15 is 0 Å². The van der Waals surface area contributed by atoms with Crippen molar-refractivity contribution in [1.29, 1.82) is 0 Å².